The van der Waals surface area contributed by atoms with E-state index < -0.39 is 5.91 Å². The zero-order chi connectivity index (χ0) is 19.4. The minimum absolute atomic E-state index is 0.0741. The van der Waals surface area contributed by atoms with Gasteiger partial charge in [-0.1, -0.05) is 26.0 Å². The summed E-state index contributed by atoms with van der Waals surface area (Å²) in [7, 11) is 0. The molecule has 1 aromatic carbocycles. The van der Waals surface area contributed by atoms with E-state index in [4.69, 9.17) is 5.73 Å². The van der Waals surface area contributed by atoms with Crippen LogP contribution in [-0.4, -0.2) is 42.9 Å². The van der Waals surface area contributed by atoms with E-state index in [-0.39, 0.29) is 5.91 Å². The Morgan fingerprint density at radius 1 is 1.33 bits per heavy atom. The second-order valence-electron chi connectivity index (χ2n) is 7.63. The highest BCUT2D eigenvalue weighted by molar-refractivity contribution is 7.12. The summed E-state index contributed by atoms with van der Waals surface area (Å²) in [5, 5.41) is 4.91. The van der Waals surface area contributed by atoms with Crippen molar-refractivity contribution in [2.75, 3.05) is 26.2 Å². The summed E-state index contributed by atoms with van der Waals surface area (Å²) in [6, 6.07) is 9.22. The van der Waals surface area contributed by atoms with Crippen molar-refractivity contribution < 1.29 is 9.59 Å². The Morgan fingerprint density at radius 3 is 2.89 bits per heavy atom. The molecule has 1 fully saturated rings. The molecule has 6 heteroatoms. The minimum Gasteiger partial charge on any atom is -0.365 e. The van der Waals surface area contributed by atoms with Crippen molar-refractivity contribution in [2.45, 2.75) is 20.3 Å². The van der Waals surface area contributed by atoms with Gasteiger partial charge in [-0.25, -0.2) is 0 Å². The fourth-order valence-corrected chi connectivity index (χ4v) is 4.43. The summed E-state index contributed by atoms with van der Waals surface area (Å²) in [6.07, 6.45) is 1.13. The fourth-order valence-electron chi connectivity index (χ4n) is 3.66. The van der Waals surface area contributed by atoms with E-state index >= 15 is 0 Å². The fraction of sp³-hybridized carbons (Fsp3) is 0.429. The van der Waals surface area contributed by atoms with Gasteiger partial charge < -0.3 is 16.0 Å². The molecule has 3 N–H and O–H groups in total. The standard InChI is InChI=1S/C21H27N3O2S/c1-14(2)12-24-8-6-15(13-24)11-23-21(26)17-5-3-4-16(10-17)18-7-9-27-19(18)20(22)25/h3-5,7,9-10,14-15H,6,8,11-13H2,1-2H3,(H2,22,25)(H,23,26)/t15-/m0/s1. The van der Waals surface area contributed by atoms with Crippen molar-refractivity contribution in [1.82, 2.24) is 10.2 Å². The van der Waals surface area contributed by atoms with Crippen LogP contribution in [0.15, 0.2) is 35.7 Å². The summed E-state index contributed by atoms with van der Waals surface area (Å²) < 4.78 is 0. The molecular formula is C21H27N3O2S. The highest BCUT2D eigenvalue weighted by Crippen LogP contribution is 2.28. The number of carbonyl (C=O) groups is 2. The maximum absolute atomic E-state index is 12.6. The zero-order valence-corrected chi connectivity index (χ0v) is 16.7. The van der Waals surface area contributed by atoms with Gasteiger partial charge in [-0.15, -0.1) is 11.3 Å². The number of rotatable bonds is 7. The third-order valence-electron chi connectivity index (χ3n) is 4.87. The smallest absolute Gasteiger partial charge is 0.259 e. The Kier molecular flexibility index (Phi) is 6.29. The third kappa shape index (κ3) is 4.96. The van der Waals surface area contributed by atoms with Crippen molar-refractivity contribution >= 4 is 23.2 Å². The van der Waals surface area contributed by atoms with Crippen molar-refractivity contribution in [3.8, 4) is 11.1 Å². The van der Waals surface area contributed by atoms with Crippen molar-refractivity contribution in [1.29, 1.82) is 0 Å². The molecule has 0 saturated carbocycles. The van der Waals surface area contributed by atoms with Gasteiger partial charge in [-0.2, -0.15) is 0 Å². The molecule has 1 aliphatic heterocycles. The van der Waals surface area contributed by atoms with E-state index in [0.717, 1.165) is 37.2 Å². The maximum Gasteiger partial charge on any atom is 0.259 e. The van der Waals surface area contributed by atoms with Crippen LogP contribution >= 0.6 is 11.3 Å². The van der Waals surface area contributed by atoms with Gasteiger partial charge in [-0.3, -0.25) is 9.59 Å². The lowest BCUT2D eigenvalue weighted by Crippen LogP contribution is -2.31. The number of benzene rings is 1. The zero-order valence-electron chi connectivity index (χ0n) is 15.9. The number of thiophene rings is 1. The molecule has 0 spiro atoms. The lowest BCUT2D eigenvalue weighted by molar-refractivity contribution is 0.0946. The van der Waals surface area contributed by atoms with Crippen LogP contribution in [0.2, 0.25) is 0 Å². The number of primary amides is 1. The molecule has 27 heavy (non-hydrogen) atoms. The lowest BCUT2D eigenvalue weighted by atomic mass is 10.0. The summed E-state index contributed by atoms with van der Waals surface area (Å²) in [5.74, 6) is 0.662. The number of amides is 2. The summed E-state index contributed by atoms with van der Waals surface area (Å²) in [4.78, 5) is 27.1. The molecule has 1 atom stereocenters. The Labute approximate surface area is 164 Å². The van der Waals surface area contributed by atoms with Gasteiger partial charge in [0.2, 0.25) is 0 Å². The first kappa shape index (κ1) is 19.6. The summed E-state index contributed by atoms with van der Waals surface area (Å²) in [5.41, 5.74) is 7.66. The minimum atomic E-state index is -0.443. The van der Waals surface area contributed by atoms with E-state index in [1.54, 1.807) is 6.07 Å². The lowest BCUT2D eigenvalue weighted by Gasteiger charge is -2.18. The number of hydrogen-bond donors (Lipinski definition) is 2. The number of nitrogens with two attached hydrogens (primary N) is 1. The van der Waals surface area contributed by atoms with Crippen LogP contribution in [0, 0.1) is 11.8 Å². The van der Waals surface area contributed by atoms with Gasteiger partial charge in [0.1, 0.15) is 0 Å². The molecule has 144 valence electrons. The Bertz CT molecular complexity index is 815. The third-order valence-corrected chi connectivity index (χ3v) is 5.80. The molecule has 3 rings (SSSR count). The first-order valence-electron chi connectivity index (χ1n) is 9.42. The van der Waals surface area contributed by atoms with Gasteiger partial charge in [0, 0.05) is 30.8 Å². The van der Waals surface area contributed by atoms with Crippen LogP contribution < -0.4 is 11.1 Å². The predicted molar refractivity (Wildman–Crippen MR) is 110 cm³/mol. The number of likely N-dealkylation sites (tertiary alicyclic amines) is 1. The van der Waals surface area contributed by atoms with Gasteiger partial charge in [-0.05, 0) is 53.9 Å². The molecule has 0 bridgehead atoms. The molecule has 5 nitrogen and oxygen atoms in total. The molecule has 1 saturated heterocycles. The monoisotopic (exact) mass is 385 g/mol. The van der Waals surface area contributed by atoms with Crippen LogP contribution in [0.4, 0.5) is 0 Å². The van der Waals surface area contributed by atoms with Gasteiger partial charge in [0.15, 0.2) is 0 Å². The summed E-state index contributed by atoms with van der Waals surface area (Å²) in [6.45, 7) is 8.45. The average Bonchev–Trinajstić information content (AvgIpc) is 3.28. The van der Waals surface area contributed by atoms with Crippen LogP contribution in [0.25, 0.3) is 11.1 Å². The van der Waals surface area contributed by atoms with E-state index in [2.05, 4.69) is 24.1 Å². The molecule has 2 aromatic rings. The maximum atomic E-state index is 12.6. The topological polar surface area (TPSA) is 75.4 Å². The van der Waals surface area contributed by atoms with E-state index in [0.29, 0.717) is 28.8 Å². The second kappa shape index (κ2) is 8.67. The van der Waals surface area contributed by atoms with Crippen LogP contribution in [-0.2, 0) is 0 Å². The summed E-state index contributed by atoms with van der Waals surface area (Å²) >= 11 is 1.32. The Balaban J connectivity index is 1.61. The number of nitrogens with one attached hydrogen (secondary N) is 1. The first-order valence-corrected chi connectivity index (χ1v) is 10.3. The van der Waals surface area contributed by atoms with E-state index in [1.165, 1.54) is 11.3 Å². The average molecular weight is 386 g/mol. The molecule has 2 heterocycles. The molecular weight excluding hydrogens is 358 g/mol. The van der Waals surface area contributed by atoms with Gasteiger partial charge >= 0.3 is 0 Å². The van der Waals surface area contributed by atoms with Crippen molar-refractivity contribution in [3.05, 3.63) is 46.2 Å². The van der Waals surface area contributed by atoms with Gasteiger partial charge in [0.25, 0.3) is 11.8 Å². The predicted octanol–water partition coefficient (Wildman–Crippen LogP) is 3.22. The number of carbonyl (C=O) groups excluding carboxylic acids is 2. The normalized spacial score (nSPS) is 17.4. The van der Waals surface area contributed by atoms with Crippen LogP contribution in [0.1, 0.15) is 40.3 Å². The highest BCUT2D eigenvalue weighted by atomic mass is 32.1. The van der Waals surface area contributed by atoms with E-state index in [9.17, 15) is 9.59 Å². The second-order valence-corrected chi connectivity index (χ2v) is 8.54. The quantitative estimate of drug-likeness (QED) is 0.768. The highest BCUT2D eigenvalue weighted by Gasteiger charge is 2.23. The Morgan fingerprint density at radius 2 is 2.15 bits per heavy atom. The molecule has 0 radical (unpaired) electrons. The van der Waals surface area contributed by atoms with E-state index in [1.807, 2.05) is 29.6 Å². The first-order chi connectivity index (χ1) is 12.9. The van der Waals surface area contributed by atoms with Crippen molar-refractivity contribution in [3.63, 3.8) is 0 Å². The van der Waals surface area contributed by atoms with Crippen molar-refractivity contribution in [2.24, 2.45) is 17.6 Å². The largest absolute Gasteiger partial charge is 0.365 e. The number of nitrogens with zero attached hydrogens (tertiary/aromatic N) is 1. The molecule has 0 unspecified atom stereocenters. The molecule has 1 aliphatic rings. The SMILES string of the molecule is CC(C)CN1CC[C@@H](CNC(=O)c2cccc(-c3ccsc3C(N)=O)c2)C1. The molecule has 1 aromatic heterocycles. The number of hydrogen-bond acceptors (Lipinski definition) is 4. The van der Waals surface area contributed by atoms with Crippen LogP contribution in [0.5, 0.6) is 0 Å². The van der Waals surface area contributed by atoms with Crippen LogP contribution in [0.3, 0.4) is 0 Å². The Hall–Kier alpha value is -2.18. The molecule has 2 amide bonds. The molecule has 0 aliphatic carbocycles. The van der Waals surface area contributed by atoms with Gasteiger partial charge in [0.05, 0.1) is 4.88 Å².